The van der Waals surface area contributed by atoms with Crippen molar-refractivity contribution in [3.8, 4) is 11.1 Å². The Labute approximate surface area is 166 Å². The van der Waals surface area contributed by atoms with E-state index in [1.807, 2.05) is 29.2 Å². The summed E-state index contributed by atoms with van der Waals surface area (Å²) in [5.74, 6) is 0.0306. The van der Waals surface area contributed by atoms with Crippen LogP contribution in [0.2, 0.25) is 0 Å². The summed E-state index contributed by atoms with van der Waals surface area (Å²) in [4.78, 5) is 14.7. The number of rotatable bonds is 4. The first-order chi connectivity index (χ1) is 13.5. The van der Waals surface area contributed by atoms with E-state index < -0.39 is 12.2 Å². The van der Waals surface area contributed by atoms with Gasteiger partial charge in [0, 0.05) is 30.5 Å². The summed E-state index contributed by atoms with van der Waals surface area (Å²) in [5.41, 5.74) is 3.93. The second-order valence-electron chi connectivity index (χ2n) is 8.32. The average Bonchev–Trinajstić information content (AvgIpc) is 2.74. The summed E-state index contributed by atoms with van der Waals surface area (Å²) >= 11 is 0. The number of carbonyl (C=O) groups excluding carboxylic acids is 1. The predicted molar refractivity (Wildman–Crippen MR) is 110 cm³/mol. The fourth-order valence-corrected chi connectivity index (χ4v) is 4.68. The molecular weight excluding hydrogens is 350 g/mol. The molecular formula is C24H29NO3. The minimum atomic E-state index is -0.428. The van der Waals surface area contributed by atoms with E-state index in [1.54, 1.807) is 0 Å². The first-order valence-corrected chi connectivity index (χ1v) is 10.4. The number of hydrogen-bond donors (Lipinski definition) is 2. The van der Waals surface area contributed by atoms with Gasteiger partial charge in [-0.15, -0.1) is 0 Å². The highest BCUT2D eigenvalue weighted by Crippen LogP contribution is 2.49. The minimum Gasteiger partial charge on any atom is -0.392 e. The van der Waals surface area contributed by atoms with Crippen LogP contribution in [0.1, 0.15) is 48.5 Å². The first-order valence-electron chi connectivity index (χ1n) is 10.4. The van der Waals surface area contributed by atoms with Gasteiger partial charge in [-0.3, -0.25) is 4.79 Å². The standard InChI is InChI=1S/C24H29NO3/c1-2-3-17-4-6-18(7-5-17)19-8-10-20(11-9-19)23(28)25-14-12-24(13-15-25)21(26)16-22(24)27/h4-11,21-22,26-27H,2-3,12-16H2,1H3/t21-,22+. The van der Waals surface area contributed by atoms with E-state index in [0.29, 0.717) is 37.9 Å². The van der Waals surface area contributed by atoms with E-state index in [4.69, 9.17) is 0 Å². The molecule has 2 fully saturated rings. The summed E-state index contributed by atoms with van der Waals surface area (Å²) in [7, 11) is 0. The molecule has 1 heterocycles. The molecule has 0 aromatic heterocycles. The monoisotopic (exact) mass is 379 g/mol. The number of benzene rings is 2. The molecule has 0 radical (unpaired) electrons. The van der Waals surface area contributed by atoms with Gasteiger partial charge in [0.25, 0.3) is 5.91 Å². The van der Waals surface area contributed by atoms with Gasteiger partial charge in [-0.2, -0.15) is 0 Å². The molecule has 28 heavy (non-hydrogen) atoms. The zero-order chi connectivity index (χ0) is 19.7. The average molecular weight is 380 g/mol. The van der Waals surface area contributed by atoms with Crippen LogP contribution in [0.15, 0.2) is 48.5 Å². The number of likely N-dealkylation sites (tertiary alicyclic amines) is 1. The Hall–Kier alpha value is -2.17. The third-order valence-electron chi connectivity index (χ3n) is 6.71. The van der Waals surface area contributed by atoms with Crippen molar-refractivity contribution in [2.45, 2.75) is 51.2 Å². The SMILES string of the molecule is CCCc1ccc(-c2ccc(C(=O)N3CCC4(CC3)[C@H](O)C[C@@H]4O)cc2)cc1. The Morgan fingerprint density at radius 1 is 0.964 bits per heavy atom. The topological polar surface area (TPSA) is 60.8 Å². The van der Waals surface area contributed by atoms with Gasteiger partial charge in [0.15, 0.2) is 0 Å². The van der Waals surface area contributed by atoms with Gasteiger partial charge in [0.2, 0.25) is 0 Å². The van der Waals surface area contributed by atoms with Crippen molar-refractivity contribution >= 4 is 5.91 Å². The normalized spacial score (nSPS) is 23.5. The van der Waals surface area contributed by atoms with Gasteiger partial charge >= 0.3 is 0 Å². The highest BCUT2D eigenvalue weighted by atomic mass is 16.3. The van der Waals surface area contributed by atoms with Gasteiger partial charge in [-0.05, 0) is 48.1 Å². The van der Waals surface area contributed by atoms with Crippen molar-refractivity contribution in [2.24, 2.45) is 5.41 Å². The van der Waals surface area contributed by atoms with Crippen LogP contribution >= 0.6 is 0 Å². The van der Waals surface area contributed by atoms with Crippen molar-refractivity contribution < 1.29 is 15.0 Å². The summed E-state index contributed by atoms with van der Waals surface area (Å²) in [6.07, 6.45) is 3.19. The predicted octanol–water partition coefficient (Wildman–Crippen LogP) is 3.65. The molecule has 2 atom stereocenters. The van der Waals surface area contributed by atoms with Crippen molar-refractivity contribution in [3.63, 3.8) is 0 Å². The number of aliphatic hydroxyl groups excluding tert-OH is 2. The van der Waals surface area contributed by atoms with E-state index in [1.165, 1.54) is 5.56 Å². The van der Waals surface area contributed by atoms with Gasteiger partial charge in [-0.1, -0.05) is 49.7 Å². The molecule has 2 N–H and O–H groups in total. The molecule has 1 amide bonds. The lowest BCUT2D eigenvalue weighted by Crippen LogP contribution is -2.61. The quantitative estimate of drug-likeness (QED) is 0.852. The molecule has 1 aliphatic heterocycles. The Bertz CT molecular complexity index is 810. The van der Waals surface area contributed by atoms with Crippen LogP contribution in [-0.2, 0) is 6.42 Å². The lowest BCUT2D eigenvalue weighted by Gasteiger charge is -2.55. The molecule has 0 unspecified atom stereocenters. The first kappa shape index (κ1) is 19.2. The van der Waals surface area contributed by atoms with E-state index >= 15 is 0 Å². The zero-order valence-corrected chi connectivity index (χ0v) is 16.5. The van der Waals surface area contributed by atoms with Gasteiger partial charge in [0.05, 0.1) is 12.2 Å². The van der Waals surface area contributed by atoms with Crippen molar-refractivity contribution in [1.29, 1.82) is 0 Å². The number of hydrogen-bond acceptors (Lipinski definition) is 3. The van der Waals surface area contributed by atoms with Crippen LogP contribution in [0.4, 0.5) is 0 Å². The summed E-state index contributed by atoms with van der Waals surface area (Å²) in [5, 5.41) is 20.1. The third kappa shape index (κ3) is 3.36. The molecule has 2 aromatic carbocycles. The van der Waals surface area contributed by atoms with Crippen molar-refractivity contribution in [1.82, 2.24) is 4.90 Å². The molecule has 2 aromatic rings. The fraction of sp³-hybridized carbons (Fsp3) is 0.458. The van der Waals surface area contributed by atoms with Gasteiger partial charge in [-0.25, -0.2) is 0 Å². The maximum atomic E-state index is 12.8. The lowest BCUT2D eigenvalue weighted by molar-refractivity contribution is -0.187. The molecule has 148 valence electrons. The van der Waals surface area contributed by atoms with Gasteiger partial charge in [0.1, 0.15) is 0 Å². The van der Waals surface area contributed by atoms with Crippen molar-refractivity contribution in [3.05, 3.63) is 59.7 Å². The van der Waals surface area contributed by atoms with Crippen LogP contribution < -0.4 is 0 Å². The Kier molecular flexibility index (Phi) is 5.26. The lowest BCUT2D eigenvalue weighted by atomic mass is 9.58. The number of aliphatic hydroxyl groups is 2. The molecule has 4 rings (SSSR count). The largest absolute Gasteiger partial charge is 0.392 e. The van der Waals surface area contributed by atoms with E-state index in [2.05, 4.69) is 31.2 Å². The van der Waals surface area contributed by atoms with E-state index in [-0.39, 0.29) is 11.3 Å². The zero-order valence-electron chi connectivity index (χ0n) is 16.5. The molecule has 1 saturated heterocycles. The second-order valence-corrected chi connectivity index (χ2v) is 8.32. The highest BCUT2D eigenvalue weighted by molar-refractivity contribution is 5.94. The molecule has 1 spiro atoms. The molecule has 1 aliphatic carbocycles. The molecule has 1 saturated carbocycles. The molecule has 4 nitrogen and oxygen atoms in total. The summed E-state index contributed by atoms with van der Waals surface area (Å²) in [6.45, 7) is 3.36. The van der Waals surface area contributed by atoms with Crippen molar-refractivity contribution in [2.75, 3.05) is 13.1 Å². The third-order valence-corrected chi connectivity index (χ3v) is 6.71. The Balaban J connectivity index is 1.40. The number of carbonyl (C=O) groups is 1. The van der Waals surface area contributed by atoms with E-state index in [9.17, 15) is 15.0 Å². The maximum absolute atomic E-state index is 12.8. The van der Waals surface area contributed by atoms with Crippen LogP contribution in [0.5, 0.6) is 0 Å². The summed E-state index contributed by atoms with van der Waals surface area (Å²) < 4.78 is 0. The van der Waals surface area contributed by atoms with Crippen LogP contribution in [0, 0.1) is 5.41 Å². The van der Waals surface area contributed by atoms with Crippen LogP contribution in [0.25, 0.3) is 11.1 Å². The van der Waals surface area contributed by atoms with Crippen LogP contribution in [0.3, 0.4) is 0 Å². The number of amides is 1. The Morgan fingerprint density at radius 3 is 2.00 bits per heavy atom. The fourth-order valence-electron chi connectivity index (χ4n) is 4.68. The smallest absolute Gasteiger partial charge is 0.253 e. The minimum absolute atomic E-state index is 0.0306. The maximum Gasteiger partial charge on any atom is 0.253 e. The Morgan fingerprint density at radius 2 is 1.50 bits per heavy atom. The molecule has 2 aliphatic rings. The molecule has 0 bridgehead atoms. The number of piperidine rings is 1. The molecule has 4 heteroatoms. The number of aryl methyl sites for hydroxylation is 1. The number of nitrogens with zero attached hydrogens (tertiary/aromatic N) is 1. The highest BCUT2D eigenvalue weighted by Gasteiger charge is 2.55. The summed E-state index contributed by atoms with van der Waals surface area (Å²) in [6, 6.07) is 16.4. The van der Waals surface area contributed by atoms with Gasteiger partial charge < -0.3 is 15.1 Å². The van der Waals surface area contributed by atoms with Crippen LogP contribution in [-0.4, -0.2) is 46.3 Å². The van der Waals surface area contributed by atoms with E-state index in [0.717, 1.165) is 24.0 Å². The second kappa shape index (κ2) is 7.69.